The maximum atomic E-state index is 13.4. The van der Waals surface area contributed by atoms with E-state index in [0.717, 1.165) is 54.8 Å². The summed E-state index contributed by atoms with van der Waals surface area (Å²) in [6, 6.07) is 10.2. The van der Waals surface area contributed by atoms with Crippen molar-refractivity contribution in [2.75, 3.05) is 11.9 Å². The molecular weight excluding hydrogens is 376 g/mol. The Hall–Kier alpha value is -2.34. The van der Waals surface area contributed by atoms with Crippen LogP contribution >= 0.6 is 0 Å². The van der Waals surface area contributed by atoms with Crippen LogP contribution in [-0.2, 0) is 0 Å². The zero-order valence-electron chi connectivity index (χ0n) is 17.3. The van der Waals surface area contributed by atoms with Crippen LogP contribution in [0.5, 0.6) is 0 Å². The number of carbonyl (C=O) groups excluding carboxylic acids is 1. The molecule has 7 rings (SSSR count). The van der Waals surface area contributed by atoms with Crippen molar-refractivity contribution < 1.29 is 9.90 Å². The van der Waals surface area contributed by atoms with Gasteiger partial charge in [-0.15, -0.1) is 0 Å². The summed E-state index contributed by atoms with van der Waals surface area (Å²) < 4.78 is 1.80. The number of aliphatic hydroxyl groups is 1. The van der Waals surface area contributed by atoms with Crippen molar-refractivity contribution in [2.45, 2.75) is 62.6 Å². The van der Waals surface area contributed by atoms with Crippen molar-refractivity contribution in [3.05, 3.63) is 47.7 Å². The minimum absolute atomic E-state index is 0.00965. The summed E-state index contributed by atoms with van der Waals surface area (Å²) in [7, 11) is 0. The molecule has 6 heteroatoms. The molecule has 30 heavy (non-hydrogen) atoms. The summed E-state index contributed by atoms with van der Waals surface area (Å²) in [5, 5.41) is 21.5. The molecule has 3 N–H and O–H groups in total. The van der Waals surface area contributed by atoms with E-state index in [0.29, 0.717) is 5.56 Å². The summed E-state index contributed by atoms with van der Waals surface area (Å²) in [5.74, 6) is 3.08. The molecular formula is C24H30N4O2. The van der Waals surface area contributed by atoms with Crippen molar-refractivity contribution in [1.29, 1.82) is 0 Å². The van der Waals surface area contributed by atoms with Crippen LogP contribution in [0.4, 0.5) is 5.82 Å². The normalized spacial score (nSPS) is 36.2. The SMILES string of the molecule is O=C(NC12CC3CC(CC(C3)C1)C2)c1cnn2c1NC(c1ccccc1)CC2CO. The van der Waals surface area contributed by atoms with Crippen LogP contribution < -0.4 is 10.6 Å². The average molecular weight is 407 g/mol. The Balaban J connectivity index is 1.28. The number of nitrogens with zero attached hydrogens (tertiary/aromatic N) is 2. The molecule has 2 unspecified atom stereocenters. The molecule has 2 aromatic rings. The predicted octanol–water partition coefficient (Wildman–Crippen LogP) is 3.67. The molecule has 0 spiro atoms. The first-order chi connectivity index (χ1) is 14.6. The van der Waals surface area contributed by atoms with Gasteiger partial charge in [-0.1, -0.05) is 30.3 Å². The number of rotatable bonds is 4. The van der Waals surface area contributed by atoms with Crippen LogP contribution in [0.25, 0.3) is 0 Å². The number of anilines is 1. The molecule has 5 aliphatic rings. The van der Waals surface area contributed by atoms with Crippen LogP contribution in [0.15, 0.2) is 36.5 Å². The summed E-state index contributed by atoms with van der Waals surface area (Å²) >= 11 is 0. The Bertz CT molecular complexity index is 918. The summed E-state index contributed by atoms with van der Waals surface area (Å²) in [4.78, 5) is 13.4. The third kappa shape index (κ3) is 2.96. The van der Waals surface area contributed by atoms with Gasteiger partial charge in [0.25, 0.3) is 5.91 Å². The van der Waals surface area contributed by atoms with E-state index >= 15 is 0 Å². The van der Waals surface area contributed by atoms with Crippen LogP contribution in [0.1, 0.15) is 73.0 Å². The van der Waals surface area contributed by atoms with E-state index in [9.17, 15) is 9.90 Å². The van der Waals surface area contributed by atoms with Gasteiger partial charge in [-0.2, -0.15) is 5.10 Å². The predicted molar refractivity (Wildman–Crippen MR) is 114 cm³/mol. The molecule has 6 nitrogen and oxygen atoms in total. The van der Waals surface area contributed by atoms with Crippen molar-refractivity contribution in [1.82, 2.24) is 15.1 Å². The van der Waals surface area contributed by atoms with Gasteiger partial charge in [0.05, 0.1) is 24.9 Å². The smallest absolute Gasteiger partial charge is 0.257 e. The van der Waals surface area contributed by atoms with Gasteiger partial charge in [-0.05, 0) is 68.3 Å². The van der Waals surface area contributed by atoms with E-state index in [1.165, 1.54) is 19.3 Å². The zero-order valence-corrected chi connectivity index (χ0v) is 17.3. The third-order valence-corrected chi connectivity index (χ3v) is 8.03. The number of carbonyl (C=O) groups is 1. The monoisotopic (exact) mass is 406 g/mol. The second kappa shape index (κ2) is 6.84. The van der Waals surface area contributed by atoms with Crippen molar-refractivity contribution in [3.63, 3.8) is 0 Å². The molecule has 2 heterocycles. The lowest BCUT2D eigenvalue weighted by atomic mass is 9.53. The third-order valence-electron chi connectivity index (χ3n) is 8.03. The van der Waals surface area contributed by atoms with E-state index in [1.807, 2.05) is 18.2 Å². The fourth-order valence-electron chi connectivity index (χ4n) is 7.17. The fourth-order valence-corrected chi connectivity index (χ4v) is 7.17. The number of aromatic nitrogens is 2. The molecule has 1 aromatic heterocycles. The Morgan fingerprint density at radius 3 is 2.40 bits per heavy atom. The first-order valence-corrected chi connectivity index (χ1v) is 11.4. The molecule has 1 amide bonds. The quantitative estimate of drug-likeness (QED) is 0.724. The van der Waals surface area contributed by atoms with Crippen molar-refractivity contribution >= 4 is 11.7 Å². The standard InChI is InChI=1S/C24H30N4O2/c29-14-19-9-21(18-4-2-1-3-5-18)26-22-20(13-25-28(19)22)23(30)27-24-10-15-6-16(11-24)8-17(7-15)12-24/h1-5,13,15-17,19,21,26,29H,6-12,14H2,(H,27,30). The highest BCUT2D eigenvalue weighted by Crippen LogP contribution is 2.55. The number of fused-ring (bicyclic) bond motifs is 1. The lowest BCUT2D eigenvalue weighted by molar-refractivity contribution is -0.0166. The molecule has 4 fully saturated rings. The van der Waals surface area contributed by atoms with Gasteiger partial charge in [-0.3, -0.25) is 4.79 Å². The maximum Gasteiger partial charge on any atom is 0.257 e. The van der Waals surface area contributed by atoms with Crippen LogP contribution in [-0.4, -0.2) is 32.9 Å². The van der Waals surface area contributed by atoms with Gasteiger partial charge in [0.2, 0.25) is 0 Å². The second-order valence-corrected chi connectivity index (χ2v) is 10.2. The zero-order chi connectivity index (χ0) is 20.3. The minimum atomic E-state index is -0.132. The number of hydrogen-bond donors (Lipinski definition) is 3. The number of benzene rings is 1. The largest absolute Gasteiger partial charge is 0.394 e. The van der Waals surface area contributed by atoms with Gasteiger partial charge in [-0.25, -0.2) is 4.68 Å². The van der Waals surface area contributed by atoms with Gasteiger partial charge >= 0.3 is 0 Å². The highest BCUT2D eigenvalue weighted by Gasteiger charge is 2.51. The fraction of sp³-hybridized carbons (Fsp3) is 0.583. The van der Waals surface area contributed by atoms with Crippen LogP contribution in [0.3, 0.4) is 0 Å². The molecule has 0 radical (unpaired) electrons. The van der Waals surface area contributed by atoms with Gasteiger partial charge in [0.1, 0.15) is 11.4 Å². The molecule has 1 aliphatic heterocycles. The number of aliphatic hydroxyl groups excluding tert-OH is 1. The van der Waals surface area contributed by atoms with E-state index in [1.54, 1.807) is 10.9 Å². The Kier molecular flexibility index (Phi) is 4.20. The Morgan fingerprint density at radius 2 is 1.77 bits per heavy atom. The first kappa shape index (κ1) is 18.4. The van der Waals surface area contributed by atoms with E-state index < -0.39 is 0 Å². The van der Waals surface area contributed by atoms with E-state index in [2.05, 4.69) is 27.9 Å². The van der Waals surface area contributed by atoms with Gasteiger partial charge < -0.3 is 15.7 Å². The van der Waals surface area contributed by atoms with Gasteiger partial charge in [0, 0.05) is 5.54 Å². The van der Waals surface area contributed by atoms with Crippen molar-refractivity contribution in [3.8, 4) is 0 Å². The molecule has 0 saturated heterocycles. The summed E-state index contributed by atoms with van der Waals surface area (Å²) in [6.45, 7) is 0.00965. The molecule has 4 aliphatic carbocycles. The number of amides is 1. The number of hydrogen-bond acceptors (Lipinski definition) is 4. The topological polar surface area (TPSA) is 79.2 Å². The average Bonchev–Trinajstić information content (AvgIpc) is 3.16. The lowest BCUT2D eigenvalue weighted by Crippen LogP contribution is -2.59. The molecule has 1 aromatic carbocycles. The second-order valence-electron chi connectivity index (χ2n) is 10.2. The lowest BCUT2D eigenvalue weighted by Gasteiger charge is -2.56. The maximum absolute atomic E-state index is 13.4. The molecule has 2 atom stereocenters. The van der Waals surface area contributed by atoms with Crippen molar-refractivity contribution in [2.24, 2.45) is 17.8 Å². The summed E-state index contributed by atoms with van der Waals surface area (Å²) in [6.07, 6.45) is 9.89. The highest BCUT2D eigenvalue weighted by atomic mass is 16.3. The van der Waals surface area contributed by atoms with E-state index in [-0.39, 0.29) is 30.1 Å². The molecule has 158 valence electrons. The summed E-state index contributed by atoms with van der Waals surface area (Å²) in [5.41, 5.74) is 1.74. The first-order valence-electron chi connectivity index (χ1n) is 11.4. The number of nitrogens with one attached hydrogen (secondary N) is 2. The minimum Gasteiger partial charge on any atom is -0.394 e. The molecule has 4 bridgehead atoms. The highest BCUT2D eigenvalue weighted by molar-refractivity contribution is 5.99. The van der Waals surface area contributed by atoms with Crippen LogP contribution in [0.2, 0.25) is 0 Å². The van der Waals surface area contributed by atoms with Gasteiger partial charge in [0.15, 0.2) is 0 Å². The van der Waals surface area contributed by atoms with Crippen LogP contribution in [0, 0.1) is 17.8 Å². The van der Waals surface area contributed by atoms with E-state index in [4.69, 9.17) is 0 Å². The Morgan fingerprint density at radius 1 is 1.10 bits per heavy atom. The molecule has 4 saturated carbocycles. The Labute approximate surface area is 177 Å².